The fraction of sp³-hybridized carbons (Fsp3) is 0.0769. The molecule has 2 aliphatic carbocycles. The normalized spacial score (nSPS) is 21.7. The molecule has 0 saturated heterocycles. The molecule has 15 heavy (non-hydrogen) atoms. The van der Waals surface area contributed by atoms with E-state index in [1.165, 1.54) is 16.0 Å². The molecule has 0 radical (unpaired) electrons. The standard InChI is InChI=1S/C13H12N2/c14-10-1-3-12-8(6-10)5-9-7-11(15)2-4-13(9)12/h1-8H,14-15H2/t8-/m0/s1. The smallest absolute Gasteiger partial charge is 0.0320 e. The van der Waals surface area contributed by atoms with Crippen LogP contribution in [-0.4, -0.2) is 0 Å². The quantitative estimate of drug-likeness (QED) is 0.584. The minimum atomic E-state index is 0.326. The van der Waals surface area contributed by atoms with Gasteiger partial charge in [-0.3, -0.25) is 0 Å². The second kappa shape index (κ2) is 2.76. The van der Waals surface area contributed by atoms with Gasteiger partial charge in [-0.15, -0.1) is 0 Å². The number of fused-ring (bicyclic) bond motifs is 2. The first kappa shape index (κ1) is 8.36. The van der Waals surface area contributed by atoms with Gasteiger partial charge in [0.05, 0.1) is 0 Å². The molecule has 0 heterocycles. The van der Waals surface area contributed by atoms with Crippen LogP contribution in [0.5, 0.6) is 0 Å². The van der Waals surface area contributed by atoms with Crippen LogP contribution in [0, 0.1) is 5.92 Å². The number of nitrogens with two attached hydrogens (primary N) is 2. The molecule has 1 aromatic carbocycles. The zero-order chi connectivity index (χ0) is 10.4. The maximum Gasteiger partial charge on any atom is 0.0320 e. The topological polar surface area (TPSA) is 52.0 Å². The molecule has 4 N–H and O–H groups in total. The zero-order valence-corrected chi connectivity index (χ0v) is 8.27. The van der Waals surface area contributed by atoms with Crippen LogP contribution in [0.25, 0.3) is 11.6 Å². The number of nitrogen functional groups attached to an aromatic ring is 1. The van der Waals surface area contributed by atoms with Crippen molar-refractivity contribution in [3.05, 3.63) is 52.6 Å². The van der Waals surface area contributed by atoms with Crippen molar-refractivity contribution in [3.63, 3.8) is 0 Å². The Bertz CT molecular complexity index is 606. The lowest BCUT2D eigenvalue weighted by Gasteiger charge is -2.11. The van der Waals surface area contributed by atoms with E-state index in [9.17, 15) is 0 Å². The van der Waals surface area contributed by atoms with Gasteiger partial charge in [-0.2, -0.15) is 0 Å². The molecule has 0 bridgehead atoms. The molecule has 0 spiro atoms. The highest BCUT2D eigenvalue weighted by Gasteiger charge is 2.16. The molecule has 2 nitrogen and oxygen atoms in total. The van der Waals surface area contributed by atoms with Gasteiger partial charge in [-0.05, 0) is 34.2 Å². The lowest BCUT2D eigenvalue weighted by Crippen LogP contribution is -2.22. The van der Waals surface area contributed by atoms with E-state index in [0.29, 0.717) is 5.92 Å². The first-order valence-electron chi connectivity index (χ1n) is 5.01. The van der Waals surface area contributed by atoms with Gasteiger partial charge in [0.25, 0.3) is 0 Å². The van der Waals surface area contributed by atoms with Gasteiger partial charge in [0.1, 0.15) is 0 Å². The number of hydrogen-bond donors (Lipinski definition) is 2. The van der Waals surface area contributed by atoms with Crippen LogP contribution in [0.2, 0.25) is 0 Å². The summed E-state index contributed by atoms with van der Waals surface area (Å²) in [6.45, 7) is 0. The molecule has 74 valence electrons. The maximum atomic E-state index is 5.77. The van der Waals surface area contributed by atoms with Gasteiger partial charge in [-0.25, -0.2) is 0 Å². The molecule has 2 heteroatoms. The number of allylic oxidation sites excluding steroid dienone is 3. The zero-order valence-electron chi connectivity index (χ0n) is 8.27. The van der Waals surface area contributed by atoms with Gasteiger partial charge >= 0.3 is 0 Å². The molecular weight excluding hydrogens is 184 g/mol. The van der Waals surface area contributed by atoms with Crippen molar-refractivity contribution in [1.82, 2.24) is 0 Å². The van der Waals surface area contributed by atoms with Crippen molar-refractivity contribution in [2.24, 2.45) is 11.7 Å². The predicted molar refractivity (Wildman–Crippen MR) is 62.9 cm³/mol. The van der Waals surface area contributed by atoms with Crippen molar-refractivity contribution in [2.45, 2.75) is 0 Å². The van der Waals surface area contributed by atoms with Crippen LogP contribution in [0.1, 0.15) is 0 Å². The summed E-state index contributed by atoms with van der Waals surface area (Å²) in [5, 5.41) is 2.49. The first-order chi connectivity index (χ1) is 7.24. The van der Waals surface area contributed by atoms with Gasteiger partial charge in [0.15, 0.2) is 0 Å². The monoisotopic (exact) mass is 196 g/mol. The molecule has 0 saturated carbocycles. The van der Waals surface area contributed by atoms with Crippen molar-refractivity contribution >= 4 is 17.3 Å². The number of rotatable bonds is 0. The second-order valence-electron chi connectivity index (χ2n) is 3.99. The highest BCUT2D eigenvalue weighted by atomic mass is 14.6. The van der Waals surface area contributed by atoms with Crippen LogP contribution in [-0.2, 0) is 0 Å². The van der Waals surface area contributed by atoms with E-state index < -0.39 is 0 Å². The van der Waals surface area contributed by atoms with Crippen molar-refractivity contribution in [3.8, 4) is 0 Å². The Morgan fingerprint density at radius 1 is 1.00 bits per heavy atom. The summed E-state index contributed by atoms with van der Waals surface area (Å²) in [5.74, 6) is 0.326. The molecule has 0 amide bonds. The SMILES string of the molecule is NC1=C[C@@H]2C=c3cc(N)ccc3=C2C=C1. The molecule has 2 aliphatic rings. The van der Waals surface area contributed by atoms with Crippen molar-refractivity contribution in [2.75, 3.05) is 5.73 Å². The maximum absolute atomic E-state index is 5.77. The highest BCUT2D eigenvalue weighted by molar-refractivity contribution is 5.75. The third-order valence-electron chi connectivity index (χ3n) is 2.93. The Morgan fingerprint density at radius 2 is 1.87 bits per heavy atom. The number of anilines is 1. The van der Waals surface area contributed by atoms with Crippen molar-refractivity contribution in [1.29, 1.82) is 0 Å². The minimum Gasteiger partial charge on any atom is -0.399 e. The van der Waals surface area contributed by atoms with Gasteiger partial charge < -0.3 is 11.5 Å². The Balaban J connectivity index is 2.34. The molecule has 1 atom stereocenters. The van der Waals surface area contributed by atoms with Gasteiger partial charge in [-0.1, -0.05) is 24.3 Å². The largest absolute Gasteiger partial charge is 0.399 e. The summed E-state index contributed by atoms with van der Waals surface area (Å²) >= 11 is 0. The lowest BCUT2D eigenvalue weighted by atomic mass is 9.95. The lowest BCUT2D eigenvalue weighted by molar-refractivity contribution is 1.13. The third-order valence-corrected chi connectivity index (χ3v) is 2.93. The van der Waals surface area contributed by atoms with Gasteiger partial charge in [0.2, 0.25) is 0 Å². The van der Waals surface area contributed by atoms with Crippen LogP contribution >= 0.6 is 0 Å². The van der Waals surface area contributed by atoms with E-state index in [4.69, 9.17) is 11.5 Å². The minimum absolute atomic E-state index is 0.326. The summed E-state index contributed by atoms with van der Waals surface area (Å²) in [4.78, 5) is 0. The number of hydrogen-bond acceptors (Lipinski definition) is 2. The third kappa shape index (κ3) is 1.18. The Hall–Kier alpha value is -1.96. The Kier molecular flexibility index (Phi) is 1.54. The fourth-order valence-corrected chi connectivity index (χ4v) is 2.23. The van der Waals surface area contributed by atoms with Crippen LogP contribution in [0.15, 0.2) is 42.1 Å². The summed E-state index contributed by atoms with van der Waals surface area (Å²) in [6.07, 6.45) is 8.33. The Morgan fingerprint density at radius 3 is 2.73 bits per heavy atom. The van der Waals surface area contributed by atoms with E-state index >= 15 is 0 Å². The molecule has 3 rings (SSSR count). The number of benzene rings is 1. The average Bonchev–Trinajstić information content (AvgIpc) is 2.53. The summed E-state index contributed by atoms with van der Waals surface area (Å²) in [6, 6.07) is 6.03. The van der Waals surface area contributed by atoms with E-state index in [1.807, 2.05) is 18.2 Å². The van der Waals surface area contributed by atoms with Crippen LogP contribution in [0.4, 0.5) is 5.69 Å². The second-order valence-corrected chi connectivity index (χ2v) is 3.99. The van der Waals surface area contributed by atoms with E-state index in [0.717, 1.165) is 11.4 Å². The molecule has 0 aromatic heterocycles. The van der Waals surface area contributed by atoms with Crippen LogP contribution in [0.3, 0.4) is 0 Å². The predicted octanol–water partition coefficient (Wildman–Crippen LogP) is 0.242. The molecule has 0 unspecified atom stereocenters. The van der Waals surface area contributed by atoms with E-state index in [1.54, 1.807) is 0 Å². The first-order valence-corrected chi connectivity index (χ1v) is 5.01. The van der Waals surface area contributed by atoms with Crippen LogP contribution < -0.4 is 21.9 Å². The summed E-state index contributed by atoms with van der Waals surface area (Å²) in [7, 11) is 0. The molecule has 1 aromatic rings. The van der Waals surface area contributed by atoms with Gasteiger partial charge in [0, 0.05) is 17.3 Å². The highest BCUT2D eigenvalue weighted by Crippen LogP contribution is 2.23. The fourth-order valence-electron chi connectivity index (χ4n) is 2.23. The van der Waals surface area contributed by atoms with E-state index in [2.05, 4.69) is 24.3 Å². The molecular formula is C13H12N2. The van der Waals surface area contributed by atoms with Crippen molar-refractivity contribution < 1.29 is 0 Å². The average molecular weight is 196 g/mol. The summed E-state index contributed by atoms with van der Waals surface area (Å²) < 4.78 is 0. The van der Waals surface area contributed by atoms with E-state index in [-0.39, 0.29) is 0 Å². The summed E-state index contributed by atoms with van der Waals surface area (Å²) in [5.41, 5.74) is 14.5. The Labute approximate surface area is 87.9 Å². The molecule has 0 fully saturated rings. The molecule has 0 aliphatic heterocycles.